The molecule has 5 nitrogen and oxygen atoms in total. The fraction of sp³-hybridized carbons (Fsp3) is 0.533. The molecule has 0 spiro atoms. The van der Waals surface area contributed by atoms with Crippen LogP contribution in [0.2, 0.25) is 0 Å². The summed E-state index contributed by atoms with van der Waals surface area (Å²) in [4.78, 5) is 13.5. The Labute approximate surface area is 120 Å². The van der Waals surface area contributed by atoms with E-state index in [1.54, 1.807) is 7.05 Å². The second-order valence-electron chi connectivity index (χ2n) is 4.96. The number of nitrogens with zero attached hydrogens (tertiary/aromatic N) is 1. The lowest BCUT2D eigenvalue weighted by Crippen LogP contribution is -2.45. The van der Waals surface area contributed by atoms with Gasteiger partial charge >= 0.3 is 0 Å². The lowest BCUT2D eigenvalue weighted by molar-refractivity contribution is -0.133. The molecule has 0 aliphatic rings. The fourth-order valence-corrected chi connectivity index (χ4v) is 2.02. The molecule has 0 radical (unpaired) electrons. The quantitative estimate of drug-likeness (QED) is 0.723. The number of aliphatic hydroxyl groups excluding tert-OH is 1. The number of hydrogen-bond donors (Lipinski definition) is 2. The molecule has 0 aliphatic carbocycles. The normalized spacial score (nSPS) is 13.8. The van der Waals surface area contributed by atoms with Crippen molar-refractivity contribution in [2.24, 2.45) is 5.73 Å². The zero-order valence-electron chi connectivity index (χ0n) is 12.2. The standard InChI is InChI=1S/C15H24N2O3/c1-17(10-13(18)11-20-2)15(19)14(16)9-8-12-6-4-3-5-7-12/h3-7,13-14,18H,8-11,16H2,1-2H3/t13?,14-/m0/s1. The number of carbonyl (C=O) groups is 1. The molecule has 0 saturated carbocycles. The third-order valence-corrected chi connectivity index (χ3v) is 3.12. The molecule has 3 N–H and O–H groups in total. The minimum Gasteiger partial charge on any atom is -0.389 e. The average molecular weight is 280 g/mol. The fourth-order valence-electron chi connectivity index (χ4n) is 2.02. The van der Waals surface area contributed by atoms with E-state index >= 15 is 0 Å². The van der Waals surface area contributed by atoms with E-state index in [1.165, 1.54) is 12.0 Å². The van der Waals surface area contributed by atoms with Crippen molar-refractivity contribution in [2.45, 2.75) is 25.0 Å². The van der Waals surface area contributed by atoms with Gasteiger partial charge in [-0.3, -0.25) is 4.79 Å². The van der Waals surface area contributed by atoms with Gasteiger partial charge in [-0.25, -0.2) is 0 Å². The molecule has 0 bridgehead atoms. The molecule has 1 rings (SSSR count). The third-order valence-electron chi connectivity index (χ3n) is 3.12. The number of nitrogens with two attached hydrogens (primary N) is 1. The maximum absolute atomic E-state index is 12.1. The van der Waals surface area contributed by atoms with E-state index in [-0.39, 0.29) is 19.1 Å². The molecule has 1 aromatic rings. The lowest BCUT2D eigenvalue weighted by Gasteiger charge is -2.23. The first-order valence-electron chi connectivity index (χ1n) is 6.76. The topological polar surface area (TPSA) is 75.8 Å². The van der Waals surface area contributed by atoms with Gasteiger partial charge in [0.2, 0.25) is 5.91 Å². The van der Waals surface area contributed by atoms with Crippen LogP contribution >= 0.6 is 0 Å². The predicted molar refractivity (Wildman–Crippen MR) is 78.3 cm³/mol. The summed E-state index contributed by atoms with van der Waals surface area (Å²) in [7, 11) is 3.15. The molecule has 2 atom stereocenters. The average Bonchev–Trinajstić information content (AvgIpc) is 2.45. The van der Waals surface area contributed by atoms with Gasteiger partial charge in [-0.2, -0.15) is 0 Å². The highest BCUT2D eigenvalue weighted by Crippen LogP contribution is 2.06. The van der Waals surface area contributed by atoms with Crippen LogP contribution in [0.5, 0.6) is 0 Å². The van der Waals surface area contributed by atoms with Crippen molar-refractivity contribution in [1.29, 1.82) is 0 Å². The summed E-state index contributed by atoms with van der Waals surface area (Å²) in [5.74, 6) is -0.156. The van der Waals surface area contributed by atoms with Crippen LogP contribution in [-0.4, -0.2) is 55.4 Å². The van der Waals surface area contributed by atoms with Crippen molar-refractivity contribution in [3.63, 3.8) is 0 Å². The summed E-state index contributed by atoms with van der Waals surface area (Å²) in [6.07, 6.45) is 0.672. The van der Waals surface area contributed by atoms with Crippen molar-refractivity contribution in [3.8, 4) is 0 Å². The van der Waals surface area contributed by atoms with E-state index in [0.717, 1.165) is 12.0 Å². The highest BCUT2D eigenvalue weighted by molar-refractivity contribution is 5.81. The van der Waals surface area contributed by atoms with Gasteiger partial charge in [-0.15, -0.1) is 0 Å². The molecule has 1 aromatic carbocycles. The summed E-state index contributed by atoms with van der Waals surface area (Å²) < 4.78 is 4.83. The largest absolute Gasteiger partial charge is 0.389 e. The zero-order valence-corrected chi connectivity index (χ0v) is 12.2. The molecule has 5 heteroatoms. The van der Waals surface area contributed by atoms with Crippen LogP contribution in [0.3, 0.4) is 0 Å². The Morgan fingerprint density at radius 2 is 2.05 bits per heavy atom. The molecule has 0 aromatic heterocycles. The first-order chi connectivity index (χ1) is 9.54. The summed E-state index contributed by atoms with van der Waals surface area (Å²) in [6.45, 7) is 0.433. The van der Waals surface area contributed by atoms with E-state index < -0.39 is 12.1 Å². The first-order valence-corrected chi connectivity index (χ1v) is 6.76. The van der Waals surface area contributed by atoms with Crippen molar-refractivity contribution in [2.75, 3.05) is 27.3 Å². The van der Waals surface area contributed by atoms with Crippen molar-refractivity contribution in [3.05, 3.63) is 35.9 Å². The minimum atomic E-state index is -0.685. The lowest BCUT2D eigenvalue weighted by atomic mass is 10.0. The molecular formula is C15H24N2O3. The van der Waals surface area contributed by atoms with Gasteiger partial charge in [0, 0.05) is 20.7 Å². The van der Waals surface area contributed by atoms with Crippen LogP contribution in [-0.2, 0) is 16.0 Å². The Hall–Kier alpha value is -1.43. The van der Waals surface area contributed by atoms with E-state index in [9.17, 15) is 9.90 Å². The Kier molecular flexibility index (Phi) is 7.22. The van der Waals surface area contributed by atoms with Gasteiger partial charge in [-0.05, 0) is 18.4 Å². The van der Waals surface area contributed by atoms with Crippen LogP contribution in [0.25, 0.3) is 0 Å². The summed E-state index contributed by atoms with van der Waals surface area (Å²) in [5.41, 5.74) is 7.08. The highest BCUT2D eigenvalue weighted by atomic mass is 16.5. The van der Waals surface area contributed by atoms with E-state index in [0.29, 0.717) is 6.42 Å². The van der Waals surface area contributed by atoms with E-state index in [1.807, 2.05) is 30.3 Å². The SMILES string of the molecule is COCC(O)CN(C)C(=O)[C@@H](N)CCc1ccccc1. The van der Waals surface area contributed by atoms with Gasteiger partial charge in [0.05, 0.1) is 18.8 Å². The predicted octanol–water partition coefficient (Wildman–Crippen LogP) is 0.412. The van der Waals surface area contributed by atoms with E-state index in [2.05, 4.69) is 0 Å². The Balaban J connectivity index is 2.38. The summed E-state index contributed by atoms with van der Waals surface area (Å²) in [6, 6.07) is 9.38. The van der Waals surface area contributed by atoms with Gasteiger partial charge in [-0.1, -0.05) is 30.3 Å². The Morgan fingerprint density at radius 3 is 2.65 bits per heavy atom. The number of ether oxygens (including phenoxy) is 1. The second kappa shape index (κ2) is 8.68. The third kappa shape index (κ3) is 5.69. The van der Waals surface area contributed by atoms with Crippen LogP contribution < -0.4 is 5.73 Å². The zero-order chi connectivity index (χ0) is 15.0. The summed E-state index contributed by atoms with van der Waals surface area (Å²) in [5, 5.41) is 9.60. The molecule has 0 aliphatic heterocycles. The number of carbonyl (C=O) groups excluding carboxylic acids is 1. The number of rotatable bonds is 8. The molecule has 20 heavy (non-hydrogen) atoms. The maximum Gasteiger partial charge on any atom is 0.239 e. The van der Waals surface area contributed by atoms with Gasteiger partial charge in [0.15, 0.2) is 0 Å². The Morgan fingerprint density at radius 1 is 1.40 bits per heavy atom. The monoisotopic (exact) mass is 280 g/mol. The molecule has 1 amide bonds. The van der Waals surface area contributed by atoms with Gasteiger partial charge < -0.3 is 20.5 Å². The van der Waals surface area contributed by atoms with E-state index in [4.69, 9.17) is 10.5 Å². The van der Waals surface area contributed by atoms with Crippen molar-refractivity contribution in [1.82, 2.24) is 4.90 Å². The smallest absolute Gasteiger partial charge is 0.239 e. The Bertz CT molecular complexity index is 397. The molecule has 0 saturated heterocycles. The minimum absolute atomic E-state index is 0.156. The number of likely N-dealkylation sites (N-methyl/N-ethyl adjacent to an activating group) is 1. The molecule has 112 valence electrons. The van der Waals surface area contributed by atoms with Crippen LogP contribution in [0.15, 0.2) is 30.3 Å². The second-order valence-corrected chi connectivity index (χ2v) is 4.96. The number of amides is 1. The number of aryl methyl sites for hydroxylation is 1. The van der Waals surface area contributed by atoms with Crippen LogP contribution in [0.1, 0.15) is 12.0 Å². The van der Waals surface area contributed by atoms with Crippen LogP contribution in [0, 0.1) is 0 Å². The van der Waals surface area contributed by atoms with Gasteiger partial charge in [0.1, 0.15) is 0 Å². The van der Waals surface area contributed by atoms with Crippen molar-refractivity contribution < 1.29 is 14.6 Å². The molecular weight excluding hydrogens is 256 g/mol. The van der Waals surface area contributed by atoms with Gasteiger partial charge in [0.25, 0.3) is 0 Å². The molecule has 1 unspecified atom stereocenters. The number of methoxy groups -OCH3 is 1. The van der Waals surface area contributed by atoms with Crippen molar-refractivity contribution >= 4 is 5.91 Å². The highest BCUT2D eigenvalue weighted by Gasteiger charge is 2.19. The summed E-state index contributed by atoms with van der Waals surface area (Å²) >= 11 is 0. The molecule has 0 fully saturated rings. The number of benzene rings is 1. The number of aliphatic hydroxyl groups is 1. The number of hydrogen-bond acceptors (Lipinski definition) is 4. The van der Waals surface area contributed by atoms with Crippen LogP contribution in [0.4, 0.5) is 0 Å². The molecule has 0 heterocycles. The maximum atomic E-state index is 12.1. The first kappa shape index (κ1) is 16.6.